The molecule has 0 bridgehead atoms. The summed E-state index contributed by atoms with van der Waals surface area (Å²) in [7, 11) is 0. The lowest BCUT2D eigenvalue weighted by molar-refractivity contribution is 0.00460. The van der Waals surface area contributed by atoms with Gasteiger partial charge in [0.15, 0.2) is 11.2 Å². The zero-order chi connectivity index (χ0) is 21.2. The predicted octanol–water partition coefficient (Wildman–Crippen LogP) is 2.62. The summed E-state index contributed by atoms with van der Waals surface area (Å²) in [4.78, 5) is 31.3. The molecule has 1 atom stereocenters. The fourth-order valence-electron chi connectivity index (χ4n) is 4.15. The zero-order valence-electron chi connectivity index (χ0n) is 17.1. The molecule has 5 rings (SSSR count). The average Bonchev–Trinajstić information content (AvgIpc) is 3.46. The van der Waals surface area contributed by atoms with E-state index in [0.29, 0.717) is 36.6 Å². The number of rotatable bonds is 6. The van der Waals surface area contributed by atoms with Crippen LogP contribution < -0.4 is 11.2 Å². The highest BCUT2D eigenvalue weighted by molar-refractivity contribution is 5.70. The number of furan rings is 1. The van der Waals surface area contributed by atoms with Crippen LogP contribution in [0.25, 0.3) is 11.2 Å². The van der Waals surface area contributed by atoms with Gasteiger partial charge in [-0.3, -0.25) is 13.9 Å². The molecule has 4 heterocycles. The molecule has 4 aromatic rings. The normalized spacial score (nSPS) is 16.7. The van der Waals surface area contributed by atoms with Gasteiger partial charge in [0.05, 0.1) is 38.3 Å². The highest BCUT2D eigenvalue weighted by Crippen LogP contribution is 2.15. The van der Waals surface area contributed by atoms with Gasteiger partial charge < -0.3 is 13.7 Å². The van der Waals surface area contributed by atoms with Crippen molar-refractivity contribution in [2.75, 3.05) is 6.61 Å². The molecule has 1 saturated heterocycles. The molecule has 160 valence electrons. The van der Waals surface area contributed by atoms with E-state index in [9.17, 15) is 9.59 Å². The van der Waals surface area contributed by atoms with E-state index in [1.807, 2.05) is 36.4 Å². The van der Waals surface area contributed by atoms with Gasteiger partial charge in [-0.1, -0.05) is 30.3 Å². The van der Waals surface area contributed by atoms with Crippen molar-refractivity contribution in [2.24, 2.45) is 0 Å². The molecular weight excluding hydrogens is 396 g/mol. The maximum atomic E-state index is 13.4. The van der Waals surface area contributed by atoms with Crippen molar-refractivity contribution in [3.63, 3.8) is 0 Å². The molecule has 0 unspecified atom stereocenters. The second-order valence-corrected chi connectivity index (χ2v) is 7.88. The van der Waals surface area contributed by atoms with Gasteiger partial charge in [-0.2, -0.15) is 0 Å². The summed E-state index contributed by atoms with van der Waals surface area (Å²) in [6, 6.07) is 13.4. The van der Waals surface area contributed by atoms with Crippen LogP contribution in [0.2, 0.25) is 0 Å². The summed E-state index contributed by atoms with van der Waals surface area (Å²) in [6.07, 6.45) is 5.95. The number of nitrogens with zero attached hydrogens (tertiary/aromatic N) is 4. The van der Waals surface area contributed by atoms with Crippen LogP contribution in [0.15, 0.2) is 69.1 Å². The van der Waals surface area contributed by atoms with E-state index in [2.05, 4.69) is 4.98 Å². The van der Waals surface area contributed by atoms with Crippen LogP contribution in [-0.2, 0) is 24.4 Å². The third-order valence-corrected chi connectivity index (χ3v) is 5.73. The molecule has 8 heteroatoms. The number of imidazole rings is 1. The molecule has 0 amide bonds. The standard InChI is InChI=1S/C23H24N4O4/c28-22-20-21(24-16-25(20)14-18-10-6-12-31-18)26(13-17-7-2-1-3-8-17)23(29)27(22)15-19-9-4-5-11-30-19/h1-3,6-8,10,12,16,19H,4-5,9,11,13-15H2/t19-/m0/s1. The van der Waals surface area contributed by atoms with Crippen LogP contribution in [0.1, 0.15) is 30.6 Å². The van der Waals surface area contributed by atoms with E-state index in [0.717, 1.165) is 24.8 Å². The Hall–Kier alpha value is -3.39. The van der Waals surface area contributed by atoms with Crippen LogP contribution in [0.4, 0.5) is 0 Å². The number of aromatic nitrogens is 4. The van der Waals surface area contributed by atoms with E-state index in [1.165, 1.54) is 4.57 Å². The summed E-state index contributed by atoms with van der Waals surface area (Å²) >= 11 is 0. The first-order valence-corrected chi connectivity index (χ1v) is 10.6. The van der Waals surface area contributed by atoms with Gasteiger partial charge in [0.1, 0.15) is 5.76 Å². The second-order valence-electron chi connectivity index (χ2n) is 7.88. The molecule has 31 heavy (non-hydrogen) atoms. The molecular formula is C23H24N4O4. The third kappa shape index (κ3) is 3.86. The van der Waals surface area contributed by atoms with Gasteiger partial charge in [0, 0.05) is 6.61 Å². The molecule has 1 aromatic carbocycles. The third-order valence-electron chi connectivity index (χ3n) is 5.73. The fraction of sp³-hybridized carbons (Fsp3) is 0.348. The number of hydrogen-bond acceptors (Lipinski definition) is 5. The maximum absolute atomic E-state index is 13.4. The van der Waals surface area contributed by atoms with E-state index < -0.39 is 0 Å². The van der Waals surface area contributed by atoms with Crippen LogP contribution in [0, 0.1) is 0 Å². The lowest BCUT2D eigenvalue weighted by Crippen LogP contribution is -2.44. The van der Waals surface area contributed by atoms with E-state index in [4.69, 9.17) is 9.15 Å². The van der Waals surface area contributed by atoms with E-state index in [-0.39, 0.29) is 23.9 Å². The Balaban J connectivity index is 1.65. The predicted molar refractivity (Wildman–Crippen MR) is 115 cm³/mol. The van der Waals surface area contributed by atoms with Crippen LogP contribution in [-0.4, -0.2) is 31.4 Å². The molecule has 0 N–H and O–H groups in total. The Morgan fingerprint density at radius 2 is 1.87 bits per heavy atom. The maximum Gasteiger partial charge on any atom is 0.333 e. The Labute approximate surface area is 178 Å². The van der Waals surface area contributed by atoms with Crippen LogP contribution >= 0.6 is 0 Å². The molecule has 0 radical (unpaired) electrons. The van der Waals surface area contributed by atoms with Gasteiger partial charge in [-0.25, -0.2) is 9.78 Å². The topological polar surface area (TPSA) is 84.2 Å². The van der Waals surface area contributed by atoms with Gasteiger partial charge >= 0.3 is 5.69 Å². The lowest BCUT2D eigenvalue weighted by Gasteiger charge is -2.23. The quantitative estimate of drug-likeness (QED) is 0.479. The summed E-state index contributed by atoms with van der Waals surface area (Å²) < 4.78 is 15.9. The largest absolute Gasteiger partial charge is 0.467 e. The number of ether oxygens (including phenoxy) is 1. The monoisotopic (exact) mass is 420 g/mol. The van der Waals surface area contributed by atoms with Crippen molar-refractivity contribution in [3.8, 4) is 0 Å². The van der Waals surface area contributed by atoms with Crippen molar-refractivity contribution in [2.45, 2.75) is 45.0 Å². The molecule has 0 spiro atoms. The Bertz CT molecular complexity index is 1280. The van der Waals surface area contributed by atoms with Crippen molar-refractivity contribution < 1.29 is 9.15 Å². The minimum Gasteiger partial charge on any atom is -0.467 e. The summed E-state index contributed by atoms with van der Waals surface area (Å²) in [6.45, 7) is 1.60. The molecule has 0 saturated carbocycles. The first-order chi connectivity index (χ1) is 15.2. The number of fused-ring (bicyclic) bond motifs is 1. The SMILES string of the molecule is O=c1c2c(ncn2Cc2ccco2)n(Cc2ccccc2)c(=O)n1C[C@@H]1CCCCO1. The Morgan fingerprint density at radius 3 is 2.61 bits per heavy atom. The highest BCUT2D eigenvalue weighted by atomic mass is 16.5. The van der Waals surface area contributed by atoms with Crippen LogP contribution in [0.5, 0.6) is 0 Å². The van der Waals surface area contributed by atoms with Crippen molar-refractivity contribution in [3.05, 3.63) is 87.2 Å². The molecule has 1 fully saturated rings. The van der Waals surface area contributed by atoms with Gasteiger partial charge in [0.2, 0.25) is 0 Å². The first-order valence-electron chi connectivity index (χ1n) is 10.6. The summed E-state index contributed by atoms with van der Waals surface area (Å²) in [5.41, 5.74) is 1.03. The minimum atomic E-state index is -0.362. The minimum absolute atomic E-state index is 0.136. The smallest absolute Gasteiger partial charge is 0.333 e. The van der Waals surface area contributed by atoms with Crippen molar-refractivity contribution in [1.82, 2.24) is 18.7 Å². The van der Waals surface area contributed by atoms with Gasteiger partial charge in [-0.15, -0.1) is 0 Å². The molecule has 3 aromatic heterocycles. The lowest BCUT2D eigenvalue weighted by atomic mass is 10.1. The summed E-state index contributed by atoms with van der Waals surface area (Å²) in [5.74, 6) is 0.710. The Kier molecular flexibility index (Phi) is 5.30. The second kappa shape index (κ2) is 8.39. The van der Waals surface area contributed by atoms with Crippen LogP contribution in [0.3, 0.4) is 0 Å². The number of benzene rings is 1. The molecule has 1 aliphatic rings. The molecule has 0 aliphatic carbocycles. The van der Waals surface area contributed by atoms with E-state index >= 15 is 0 Å². The highest BCUT2D eigenvalue weighted by Gasteiger charge is 2.22. The number of hydrogen-bond donors (Lipinski definition) is 0. The summed E-state index contributed by atoms with van der Waals surface area (Å²) in [5, 5.41) is 0. The zero-order valence-corrected chi connectivity index (χ0v) is 17.1. The first kappa shape index (κ1) is 19.6. The van der Waals surface area contributed by atoms with Gasteiger partial charge in [-0.05, 0) is 37.0 Å². The Morgan fingerprint density at radius 1 is 1.00 bits per heavy atom. The molecule has 8 nitrogen and oxygen atoms in total. The fourth-order valence-corrected chi connectivity index (χ4v) is 4.15. The molecule has 1 aliphatic heterocycles. The van der Waals surface area contributed by atoms with Crippen molar-refractivity contribution >= 4 is 11.2 Å². The van der Waals surface area contributed by atoms with E-state index in [1.54, 1.807) is 27.8 Å². The van der Waals surface area contributed by atoms with Crippen molar-refractivity contribution in [1.29, 1.82) is 0 Å². The average molecular weight is 420 g/mol. The van der Waals surface area contributed by atoms with Gasteiger partial charge in [0.25, 0.3) is 5.56 Å².